The summed E-state index contributed by atoms with van der Waals surface area (Å²) in [6.07, 6.45) is 0. The quantitative estimate of drug-likeness (QED) is 0.745. The van der Waals surface area contributed by atoms with E-state index in [1.54, 1.807) is 0 Å². The molecule has 1 aliphatic rings. The third-order valence-corrected chi connectivity index (χ3v) is 5.72. The fraction of sp³-hybridized carbons (Fsp3) is 0.350. The van der Waals surface area contributed by atoms with Crippen LogP contribution in [0.15, 0.2) is 54.6 Å². The first-order valence-electron chi connectivity index (χ1n) is 8.57. The minimum absolute atomic E-state index is 0.0617. The van der Waals surface area contributed by atoms with Crippen LogP contribution in [-0.4, -0.2) is 36.2 Å². The third-order valence-electron chi connectivity index (χ3n) is 4.52. The van der Waals surface area contributed by atoms with Gasteiger partial charge in [-0.3, -0.25) is 9.69 Å². The zero-order valence-electron chi connectivity index (χ0n) is 14.3. The highest BCUT2D eigenvalue weighted by Crippen LogP contribution is 2.43. The monoisotopic (exact) mass is 340 g/mol. The van der Waals surface area contributed by atoms with E-state index in [-0.39, 0.29) is 11.3 Å². The highest BCUT2D eigenvalue weighted by Gasteiger charge is 2.37. The van der Waals surface area contributed by atoms with Gasteiger partial charge in [0.2, 0.25) is 0 Å². The molecule has 0 bridgehead atoms. The summed E-state index contributed by atoms with van der Waals surface area (Å²) in [6.45, 7) is 7.57. The lowest BCUT2D eigenvalue weighted by molar-refractivity contribution is 0.0996. The summed E-state index contributed by atoms with van der Waals surface area (Å²) >= 11 is 1.86. The first-order valence-corrected chi connectivity index (χ1v) is 9.62. The Morgan fingerprint density at radius 1 is 1.00 bits per heavy atom. The molecule has 24 heavy (non-hydrogen) atoms. The lowest BCUT2D eigenvalue weighted by Gasteiger charge is -2.26. The number of thioether (sulfide) groups is 1. The van der Waals surface area contributed by atoms with Gasteiger partial charge in [-0.25, -0.2) is 0 Å². The van der Waals surface area contributed by atoms with E-state index in [1.165, 1.54) is 0 Å². The highest BCUT2D eigenvalue weighted by atomic mass is 32.2. The number of carbonyl (C=O) groups is 1. The van der Waals surface area contributed by atoms with E-state index in [0.717, 1.165) is 42.2 Å². The van der Waals surface area contributed by atoms with Crippen molar-refractivity contribution in [2.75, 3.05) is 30.3 Å². The molecule has 0 spiro atoms. The van der Waals surface area contributed by atoms with Gasteiger partial charge in [0.05, 0.1) is 0 Å². The number of fused-ring (bicyclic) bond motifs is 1. The molecule has 0 aliphatic carbocycles. The Morgan fingerprint density at radius 3 is 2.38 bits per heavy atom. The van der Waals surface area contributed by atoms with Gasteiger partial charge in [-0.15, -0.1) is 11.8 Å². The van der Waals surface area contributed by atoms with Crippen molar-refractivity contribution in [2.45, 2.75) is 19.2 Å². The summed E-state index contributed by atoms with van der Waals surface area (Å²) in [5, 5.41) is 0.0617. The predicted octanol–water partition coefficient (Wildman–Crippen LogP) is 4.42. The molecule has 2 aromatic carbocycles. The first-order chi connectivity index (χ1) is 11.8. The molecule has 0 radical (unpaired) electrons. The number of hydrogen-bond donors (Lipinski definition) is 0. The Kier molecular flexibility index (Phi) is 5.59. The van der Waals surface area contributed by atoms with E-state index in [4.69, 9.17) is 0 Å². The van der Waals surface area contributed by atoms with Gasteiger partial charge in [0, 0.05) is 23.5 Å². The number of rotatable bonds is 7. The second-order valence-corrected chi connectivity index (χ2v) is 7.04. The molecule has 2 aromatic rings. The molecule has 3 nitrogen and oxygen atoms in total. The van der Waals surface area contributed by atoms with E-state index in [1.807, 2.05) is 65.2 Å². The lowest BCUT2D eigenvalue weighted by Crippen LogP contribution is -2.28. The molecule has 126 valence electrons. The van der Waals surface area contributed by atoms with E-state index in [9.17, 15) is 4.79 Å². The summed E-state index contributed by atoms with van der Waals surface area (Å²) in [5.74, 6) is 1.12. The molecule has 0 saturated carbocycles. The number of carbonyl (C=O) groups excluding carboxylic acids is 1. The Morgan fingerprint density at radius 2 is 1.67 bits per heavy atom. The molecule has 1 amide bonds. The van der Waals surface area contributed by atoms with E-state index in [0.29, 0.717) is 0 Å². The van der Waals surface area contributed by atoms with Crippen LogP contribution >= 0.6 is 11.8 Å². The second kappa shape index (κ2) is 7.86. The SMILES string of the molecule is CCN(CC)CCSC1c2ccccc2C(=O)N1c1ccccc1. The Balaban J connectivity index is 1.83. The van der Waals surface area contributed by atoms with E-state index >= 15 is 0 Å². The summed E-state index contributed by atoms with van der Waals surface area (Å²) in [6, 6.07) is 18.0. The Labute approximate surface area is 148 Å². The van der Waals surface area contributed by atoms with Crippen molar-refractivity contribution < 1.29 is 4.79 Å². The molecule has 0 saturated heterocycles. The molecule has 0 aromatic heterocycles. The van der Waals surface area contributed by atoms with Crippen LogP contribution in [0.3, 0.4) is 0 Å². The topological polar surface area (TPSA) is 23.6 Å². The summed E-state index contributed by atoms with van der Waals surface area (Å²) in [5.41, 5.74) is 2.94. The van der Waals surface area contributed by atoms with E-state index in [2.05, 4.69) is 24.8 Å². The van der Waals surface area contributed by atoms with Gasteiger partial charge in [0.15, 0.2) is 0 Å². The van der Waals surface area contributed by atoms with Crippen LogP contribution < -0.4 is 4.90 Å². The minimum atomic E-state index is 0.0617. The van der Waals surface area contributed by atoms with Crippen molar-refractivity contribution >= 4 is 23.4 Å². The zero-order chi connectivity index (χ0) is 16.9. The maximum atomic E-state index is 12.9. The van der Waals surface area contributed by atoms with E-state index < -0.39 is 0 Å². The Hall–Kier alpha value is -1.78. The number of amides is 1. The van der Waals surface area contributed by atoms with Crippen LogP contribution in [0.1, 0.15) is 35.1 Å². The largest absolute Gasteiger partial charge is 0.303 e. The van der Waals surface area contributed by atoms with Crippen LogP contribution in [0.5, 0.6) is 0 Å². The average molecular weight is 340 g/mol. The van der Waals surface area contributed by atoms with Gasteiger partial charge in [0.1, 0.15) is 5.37 Å². The molecule has 0 fully saturated rings. The van der Waals surface area contributed by atoms with Crippen molar-refractivity contribution in [1.82, 2.24) is 4.90 Å². The van der Waals surface area contributed by atoms with Crippen LogP contribution in [0, 0.1) is 0 Å². The first kappa shape index (κ1) is 17.1. The van der Waals surface area contributed by atoms with Gasteiger partial charge >= 0.3 is 0 Å². The fourth-order valence-corrected chi connectivity index (χ4v) is 4.46. The van der Waals surface area contributed by atoms with Crippen LogP contribution in [0.4, 0.5) is 5.69 Å². The predicted molar refractivity (Wildman–Crippen MR) is 103 cm³/mol. The van der Waals surface area contributed by atoms with Crippen LogP contribution in [-0.2, 0) is 0 Å². The van der Waals surface area contributed by atoms with Crippen molar-refractivity contribution in [3.63, 3.8) is 0 Å². The van der Waals surface area contributed by atoms with Gasteiger partial charge in [-0.2, -0.15) is 0 Å². The number of hydrogen-bond acceptors (Lipinski definition) is 3. The molecule has 0 N–H and O–H groups in total. The fourth-order valence-electron chi connectivity index (χ4n) is 3.12. The van der Waals surface area contributed by atoms with Crippen LogP contribution in [0.25, 0.3) is 0 Å². The van der Waals surface area contributed by atoms with Crippen LogP contribution in [0.2, 0.25) is 0 Å². The molecule has 4 heteroatoms. The molecule has 1 aliphatic heterocycles. The second-order valence-electron chi connectivity index (χ2n) is 5.85. The molecular formula is C20H24N2OS. The summed E-state index contributed by atoms with van der Waals surface area (Å²) in [7, 11) is 0. The minimum Gasteiger partial charge on any atom is -0.303 e. The number of nitrogens with zero attached hydrogens (tertiary/aromatic N) is 2. The van der Waals surface area contributed by atoms with Gasteiger partial charge in [-0.1, -0.05) is 50.2 Å². The molecule has 1 atom stereocenters. The third kappa shape index (κ3) is 3.35. The zero-order valence-corrected chi connectivity index (χ0v) is 15.1. The van der Waals surface area contributed by atoms with Crippen molar-refractivity contribution in [3.05, 3.63) is 65.7 Å². The number of para-hydroxylation sites is 1. The van der Waals surface area contributed by atoms with Crippen molar-refractivity contribution in [3.8, 4) is 0 Å². The number of anilines is 1. The van der Waals surface area contributed by atoms with Gasteiger partial charge < -0.3 is 4.90 Å². The summed E-state index contributed by atoms with van der Waals surface area (Å²) in [4.78, 5) is 17.3. The number of benzene rings is 2. The molecule has 3 rings (SSSR count). The highest BCUT2D eigenvalue weighted by molar-refractivity contribution is 7.99. The molecule has 1 unspecified atom stereocenters. The Bertz CT molecular complexity index is 685. The molecule has 1 heterocycles. The standard InChI is InChI=1S/C20H24N2OS/c1-3-21(4-2)14-15-24-20-18-13-9-8-12-17(18)19(23)22(20)16-10-6-5-7-11-16/h5-13,20H,3-4,14-15H2,1-2H3. The van der Waals surface area contributed by atoms with Crippen molar-refractivity contribution in [1.29, 1.82) is 0 Å². The lowest BCUT2D eigenvalue weighted by atomic mass is 10.1. The molecular weight excluding hydrogens is 316 g/mol. The normalized spacial score (nSPS) is 16.7. The van der Waals surface area contributed by atoms with Gasteiger partial charge in [-0.05, 0) is 36.9 Å². The summed E-state index contributed by atoms with van der Waals surface area (Å²) < 4.78 is 0. The average Bonchev–Trinajstić information content (AvgIpc) is 2.92. The maximum Gasteiger partial charge on any atom is 0.259 e. The van der Waals surface area contributed by atoms with Gasteiger partial charge in [0.25, 0.3) is 5.91 Å². The smallest absolute Gasteiger partial charge is 0.259 e. The van der Waals surface area contributed by atoms with Crippen molar-refractivity contribution in [2.24, 2.45) is 0 Å². The maximum absolute atomic E-state index is 12.9.